The van der Waals surface area contributed by atoms with E-state index in [1.165, 1.54) is 4.88 Å². The molecule has 100 valence electrons. The molecule has 1 aromatic heterocycles. The molecule has 0 saturated heterocycles. The molecule has 1 aromatic rings. The molecule has 1 aliphatic carbocycles. The Kier molecular flexibility index (Phi) is 4.07. The van der Waals surface area contributed by atoms with E-state index in [1.807, 2.05) is 24.8 Å². The smallest absolute Gasteiger partial charge is 0.223 e. The summed E-state index contributed by atoms with van der Waals surface area (Å²) in [4.78, 5) is 15.6. The van der Waals surface area contributed by atoms with Gasteiger partial charge in [-0.1, -0.05) is 6.07 Å². The summed E-state index contributed by atoms with van der Waals surface area (Å²) in [5, 5.41) is 2.06. The number of hydrogen-bond donors (Lipinski definition) is 1. The summed E-state index contributed by atoms with van der Waals surface area (Å²) in [6.45, 7) is 4.72. The van der Waals surface area contributed by atoms with Crippen molar-refractivity contribution in [3.05, 3.63) is 22.4 Å². The molecule has 0 spiro atoms. The number of nitrogens with zero attached hydrogens (tertiary/aromatic N) is 1. The van der Waals surface area contributed by atoms with Crippen LogP contribution in [0.25, 0.3) is 0 Å². The van der Waals surface area contributed by atoms with Gasteiger partial charge in [0, 0.05) is 22.9 Å². The Bertz CT molecular complexity index is 390. The second kappa shape index (κ2) is 5.41. The fraction of sp³-hybridized carbons (Fsp3) is 0.643. The molecule has 2 N–H and O–H groups in total. The van der Waals surface area contributed by atoms with Crippen molar-refractivity contribution in [1.82, 2.24) is 4.90 Å². The summed E-state index contributed by atoms with van der Waals surface area (Å²) in [5.74, 6) is 0.254. The van der Waals surface area contributed by atoms with Crippen LogP contribution in [0.5, 0.6) is 0 Å². The first-order valence-electron chi connectivity index (χ1n) is 6.56. The lowest BCUT2D eigenvalue weighted by molar-refractivity contribution is -0.132. The third-order valence-electron chi connectivity index (χ3n) is 3.20. The van der Waals surface area contributed by atoms with E-state index in [0.717, 1.165) is 25.8 Å². The average Bonchev–Trinajstić information content (AvgIpc) is 2.99. The molecule has 0 radical (unpaired) electrons. The third-order valence-corrected chi connectivity index (χ3v) is 4.06. The van der Waals surface area contributed by atoms with Crippen LogP contribution in [0, 0.1) is 0 Å². The van der Waals surface area contributed by atoms with Crippen LogP contribution in [0.1, 0.15) is 44.4 Å². The monoisotopic (exact) mass is 266 g/mol. The summed E-state index contributed by atoms with van der Waals surface area (Å²) in [6.07, 6.45) is 3.62. The molecule has 0 aliphatic heterocycles. The number of nitrogens with two attached hydrogens (primary N) is 1. The Hall–Kier alpha value is -0.870. The Morgan fingerprint density at radius 1 is 1.56 bits per heavy atom. The molecule has 4 heteroatoms. The molecule has 2 rings (SSSR count). The minimum Gasteiger partial charge on any atom is -0.335 e. The van der Waals surface area contributed by atoms with Crippen LogP contribution in [-0.2, 0) is 11.3 Å². The average molecular weight is 266 g/mol. The van der Waals surface area contributed by atoms with Crippen molar-refractivity contribution < 1.29 is 4.79 Å². The number of carbonyl (C=O) groups excluding carboxylic acids is 1. The topological polar surface area (TPSA) is 46.3 Å². The maximum atomic E-state index is 12.3. The van der Waals surface area contributed by atoms with E-state index in [1.54, 1.807) is 11.3 Å². The molecule has 1 fully saturated rings. The Morgan fingerprint density at radius 3 is 2.78 bits per heavy atom. The Balaban J connectivity index is 1.91. The maximum Gasteiger partial charge on any atom is 0.223 e. The number of rotatable bonds is 6. The van der Waals surface area contributed by atoms with Gasteiger partial charge in [-0.15, -0.1) is 11.3 Å². The lowest BCUT2D eigenvalue weighted by atomic mass is 9.99. The van der Waals surface area contributed by atoms with Crippen molar-refractivity contribution in [1.29, 1.82) is 0 Å². The molecule has 0 atom stereocenters. The molecule has 3 nitrogen and oxygen atoms in total. The lowest BCUT2D eigenvalue weighted by Crippen LogP contribution is -2.37. The zero-order valence-electron chi connectivity index (χ0n) is 11.2. The van der Waals surface area contributed by atoms with Crippen LogP contribution in [0.2, 0.25) is 0 Å². The second-order valence-electron chi connectivity index (χ2n) is 5.82. The van der Waals surface area contributed by atoms with Gasteiger partial charge in [0.2, 0.25) is 5.91 Å². The number of amides is 1. The highest BCUT2D eigenvalue weighted by atomic mass is 32.1. The van der Waals surface area contributed by atoms with E-state index in [4.69, 9.17) is 5.73 Å². The van der Waals surface area contributed by atoms with Gasteiger partial charge in [0.15, 0.2) is 0 Å². The van der Waals surface area contributed by atoms with Crippen LogP contribution in [-0.4, -0.2) is 22.4 Å². The van der Waals surface area contributed by atoms with Gasteiger partial charge in [0.05, 0.1) is 6.54 Å². The SMILES string of the molecule is CC(C)(N)CCC(=O)N(Cc1cccs1)C1CC1. The maximum absolute atomic E-state index is 12.3. The van der Waals surface area contributed by atoms with Crippen LogP contribution in [0.4, 0.5) is 0 Å². The number of thiophene rings is 1. The molecular weight excluding hydrogens is 244 g/mol. The van der Waals surface area contributed by atoms with Gasteiger partial charge in [-0.25, -0.2) is 0 Å². The van der Waals surface area contributed by atoms with E-state index < -0.39 is 0 Å². The van der Waals surface area contributed by atoms with Gasteiger partial charge >= 0.3 is 0 Å². The largest absolute Gasteiger partial charge is 0.335 e. The molecule has 1 heterocycles. The van der Waals surface area contributed by atoms with Crippen molar-refractivity contribution in [3.63, 3.8) is 0 Å². The standard InChI is InChI=1S/C14H22N2OS/c1-14(2,15)8-7-13(17)16(11-5-6-11)10-12-4-3-9-18-12/h3-4,9,11H,5-8,10,15H2,1-2H3. The Labute approximate surface area is 113 Å². The second-order valence-corrected chi connectivity index (χ2v) is 6.85. The van der Waals surface area contributed by atoms with Gasteiger partial charge in [0.25, 0.3) is 0 Å². The number of carbonyl (C=O) groups is 1. The predicted octanol–water partition coefficient (Wildman–Crippen LogP) is 2.76. The summed E-state index contributed by atoms with van der Waals surface area (Å²) in [6, 6.07) is 4.61. The highest BCUT2D eigenvalue weighted by Crippen LogP contribution is 2.30. The van der Waals surface area contributed by atoms with Crippen LogP contribution < -0.4 is 5.73 Å². The van der Waals surface area contributed by atoms with E-state index in [-0.39, 0.29) is 11.4 Å². The minimum absolute atomic E-state index is 0.254. The van der Waals surface area contributed by atoms with Crippen molar-refractivity contribution in [2.75, 3.05) is 0 Å². The molecular formula is C14H22N2OS. The lowest BCUT2D eigenvalue weighted by Gasteiger charge is -2.24. The third kappa shape index (κ3) is 4.10. The van der Waals surface area contributed by atoms with E-state index in [9.17, 15) is 4.79 Å². The quantitative estimate of drug-likeness (QED) is 0.860. The van der Waals surface area contributed by atoms with Crippen LogP contribution in [0.15, 0.2) is 17.5 Å². The summed E-state index contributed by atoms with van der Waals surface area (Å²) in [7, 11) is 0. The summed E-state index contributed by atoms with van der Waals surface area (Å²) in [5.41, 5.74) is 5.69. The zero-order chi connectivity index (χ0) is 13.2. The first-order valence-corrected chi connectivity index (χ1v) is 7.44. The molecule has 1 amide bonds. The highest BCUT2D eigenvalue weighted by Gasteiger charge is 2.32. The van der Waals surface area contributed by atoms with Crippen LogP contribution >= 0.6 is 11.3 Å². The molecule has 0 bridgehead atoms. The van der Waals surface area contributed by atoms with Crippen molar-refractivity contribution in [2.24, 2.45) is 5.73 Å². The van der Waals surface area contributed by atoms with Gasteiger partial charge in [-0.3, -0.25) is 4.79 Å². The van der Waals surface area contributed by atoms with Gasteiger partial charge < -0.3 is 10.6 Å². The van der Waals surface area contributed by atoms with E-state index in [0.29, 0.717) is 12.5 Å². The Morgan fingerprint density at radius 2 is 2.28 bits per heavy atom. The van der Waals surface area contributed by atoms with Gasteiger partial charge in [-0.2, -0.15) is 0 Å². The highest BCUT2D eigenvalue weighted by molar-refractivity contribution is 7.09. The molecule has 1 aliphatic rings. The fourth-order valence-electron chi connectivity index (χ4n) is 1.95. The molecule has 1 saturated carbocycles. The van der Waals surface area contributed by atoms with Gasteiger partial charge in [0.1, 0.15) is 0 Å². The first kappa shape index (κ1) is 13.6. The predicted molar refractivity (Wildman–Crippen MR) is 75.4 cm³/mol. The molecule has 18 heavy (non-hydrogen) atoms. The summed E-state index contributed by atoms with van der Waals surface area (Å²) >= 11 is 1.72. The minimum atomic E-state index is -0.256. The molecule has 0 unspecified atom stereocenters. The van der Waals surface area contributed by atoms with E-state index >= 15 is 0 Å². The normalized spacial score (nSPS) is 15.7. The van der Waals surface area contributed by atoms with Crippen LogP contribution in [0.3, 0.4) is 0 Å². The van der Waals surface area contributed by atoms with Crippen molar-refractivity contribution in [3.8, 4) is 0 Å². The fourth-order valence-corrected chi connectivity index (χ4v) is 2.65. The van der Waals surface area contributed by atoms with Gasteiger partial charge in [-0.05, 0) is 44.6 Å². The summed E-state index contributed by atoms with van der Waals surface area (Å²) < 4.78 is 0. The number of hydrogen-bond acceptors (Lipinski definition) is 3. The first-order chi connectivity index (χ1) is 8.46. The zero-order valence-corrected chi connectivity index (χ0v) is 12.0. The van der Waals surface area contributed by atoms with E-state index in [2.05, 4.69) is 11.4 Å². The molecule has 0 aromatic carbocycles. The van der Waals surface area contributed by atoms with Crippen molar-refractivity contribution >= 4 is 17.2 Å². The van der Waals surface area contributed by atoms with Crippen molar-refractivity contribution in [2.45, 2.75) is 57.7 Å².